The normalized spacial score (nSPS) is 13.2. The molecule has 0 aliphatic rings. The van der Waals surface area contributed by atoms with E-state index in [1.807, 2.05) is 0 Å². The lowest BCUT2D eigenvalue weighted by Gasteiger charge is -2.00. The molecule has 0 radical (unpaired) electrons. The molecule has 0 heterocycles. The van der Waals surface area contributed by atoms with Gasteiger partial charge in [-0.1, -0.05) is 0 Å². The fraction of sp³-hybridized carbons (Fsp3) is 0.750. The van der Waals surface area contributed by atoms with Crippen LogP contribution in [-0.2, 0) is 9.53 Å². The summed E-state index contributed by atoms with van der Waals surface area (Å²) in [5.74, 6) is -1.08. The average Bonchev–Trinajstić information content (AvgIpc) is 1.61. The second kappa shape index (κ2) is 3.40. The molecular formula is C4H8O4. The van der Waals surface area contributed by atoms with Crippen molar-refractivity contribution < 1.29 is 19.7 Å². The van der Waals surface area contributed by atoms with Gasteiger partial charge in [-0.05, 0) is 6.92 Å². The van der Waals surface area contributed by atoms with E-state index in [-0.39, 0.29) is 0 Å². The maximum absolute atomic E-state index is 9.67. The fourth-order valence-electron chi connectivity index (χ4n) is 0.192. The van der Waals surface area contributed by atoms with Crippen LogP contribution in [0, 0.1) is 0 Å². The summed E-state index contributed by atoms with van der Waals surface area (Å²) in [6, 6.07) is 0. The third kappa shape index (κ3) is 5.39. The standard InChI is InChI=1S/C4H8O4/c1-3(5)8-2-4(6)7/h3,5H,2H2,1H3,(H,6,7). The van der Waals surface area contributed by atoms with E-state index in [0.29, 0.717) is 0 Å². The zero-order valence-electron chi connectivity index (χ0n) is 4.50. The van der Waals surface area contributed by atoms with Crippen molar-refractivity contribution in [3.8, 4) is 0 Å². The van der Waals surface area contributed by atoms with Crippen LogP contribution in [0.25, 0.3) is 0 Å². The van der Waals surface area contributed by atoms with Gasteiger partial charge in [-0.25, -0.2) is 4.79 Å². The molecule has 0 aromatic carbocycles. The summed E-state index contributed by atoms with van der Waals surface area (Å²) in [6.07, 6.45) is -0.994. The number of aliphatic hydroxyl groups is 1. The van der Waals surface area contributed by atoms with Gasteiger partial charge >= 0.3 is 5.97 Å². The maximum atomic E-state index is 9.67. The molecule has 4 nitrogen and oxygen atoms in total. The second-order valence-electron chi connectivity index (χ2n) is 1.30. The molecule has 0 amide bonds. The second-order valence-corrected chi connectivity index (χ2v) is 1.30. The Morgan fingerprint density at radius 1 is 1.88 bits per heavy atom. The van der Waals surface area contributed by atoms with E-state index >= 15 is 0 Å². The lowest BCUT2D eigenvalue weighted by molar-refractivity contribution is -0.153. The smallest absolute Gasteiger partial charge is 0.329 e. The van der Waals surface area contributed by atoms with Gasteiger partial charge in [0.1, 0.15) is 6.61 Å². The molecule has 0 rings (SSSR count). The highest BCUT2D eigenvalue weighted by Crippen LogP contribution is 1.81. The van der Waals surface area contributed by atoms with Crippen molar-refractivity contribution in [3.05, 3.63) is 0 Å². The van der Waals surface area contributed by atoms with Crippen LogP contribution in [0.1, 0.15) is 6.92 Å². The molecule has 1 atom stereocenters. The minimum absolute atomic E-state index is 0.447. The van der Waals surface area contributed by atoms with Gasteiger partial charge in [-0.2, -0.15) is 0 Å². The minimum atomic E-state index is -1.08. The van der Waals surface area contributed by atoms with Gasteiger partial charge < -0.3 is 14.9 Å². The summed E-state index contributed by atoms with van der Waals surface area (Å²) in [6.45, 7) is 0.903. The molecule has 0 fully saturated rings. The van der Waals surface area contributed by atoms with Gasteiger partial charge in [0.15, 0.2) is 6.29 Å². The molecule has 48 valence electrons. The van der Waals surface area contributed by atoms with E-state index in [2.05, 4.69) is 4.74 Å². The van der Waals surface area contributed by atoms with Crippen LogP contribution in [0.4, 0.5) is 0 Å². The highest BCUT2D eigenvalue weighted by molar-refractivity contribution is 5.67. The Kier molecular flexibility index (Phi) is 3.14. The largest absolute Gasteiger partial charge is 0.480 e. The van der Waals surface area contributed by atoms with Crippen molar-refractivity contribution in [1.82, 2.24) is 0 Å². The molecule has 0 aliphatic carbocycles. The number of hydrogen-bond acceptors (Lipinski definition) is 3. The van der Waals surface area contributed by atoms with Crippen molar-refractivity contribution >= 4 is 5.97 Å². The first-order chi connectivity index (χ1) is 3.63. The molecule has 2 N–H and O–H groups in total. The van der Waals surface area contributed by atoms with Crippen LogP contribution < -0.4 is 0 Å². The number of rotatable bonds is 3. The minimum Gasteiger partial charge on any atom is -0.480 e. The Balaban J connectivity index is 3.05. The van der Waals surface area contributed by atoms with Gasteiger partial charge in [-0.15, -0.1) is 0 Å². The monoisotopic (exact) mass is 120 g/mol. The molecule has 0 aromatic rings. The average molecular weight is 120 g/mol. The molecule has 0 spiro atoms. The van der Waals surface area contributed by atoms with Crippen LogP contribution >= 0.6 is 0 Å². The summed E-state index contributed by atoms with van der Waals surface area (Å²) < 4.78 is 4.26. The van der Waals surface area contributed by atoms with E-state index in [9.17, 15) is 4.79 Å². The van der Waals surface area contributed by atoms with Gasteiger partial charge in [0.05, 0.1) is 0 Å². The van der Waals surface area contributed by atoms with Gasteiger partial charge in [0.25, 0.3) is 0 Å². The number of aliphatic carboxylic acids is 1. The Hall–Kier alpha value is -0.610. The van der Waals surface area contributed by atoms with E-state index in [1.54, 1.807) is 0 Å². The molecular weight excluding hydrogens is 112 g/mol. The molecule has 0 aliphatic heterocycles. The quantitative estimate of drug-likeness (QED) is 0.489. The summed E-state index contributed by atoms with van der Waals surface area (Å²) in [5, 5.41) is 16.2. The lowest BCUT2D eigenvalue weighted by Crippen LogP contribution is -2.13. The van der Waals surface area contributed by atoms with Crippen molar-refractivity contribution in [2.75, 3.05) is 6.61 Å². The SMILES string of the molecule is CC(O)OCC(=O)O. The van der Waals surface area contributed by atoms with Crippen LogP contribution in [0.3, 0.4) is 0 Å². The van der Waals surface area contributed by atoms with Crippen LogP contribution in [0.5, 0.6) is 0 Å². The van der Waals surface area contributed by atoms with E-state index < -0.39 is 18.9 Å². The van der Waals surface area contributed by atoms with E-state index in [1.165, 1.54) is 6.92 Å². The molecule has 0 saturated carbocycles. The molecule has 0 saturated heterocycles. The number of hydrogen-bond donors (Lipinski definition) is 2. The highest BCUT2D eigenvalue weighted by Gasteiger charge is 1.98. The van der Waals surface area contributed by atoms with Crippen molar-refractivity contribution in [3.63, 3.8) is 0 Å². The van der Waals surface area contributed by atoms with Crippen molar-refractivity contribution in [2.24, 2.45) is 0 Å². The zero-order chi connectivity index (χ0) is 6.57. The molecule has 4 heteroatoms. The van der Waals surface area contributed by atoms with Crippen molar-refractivity contribution in [1.29, 1.82) is 0 Å². The Morgan fingerprint density at radius 2 is 2.38 bits per heavy atom. The summed E-state index contributed by atoms with van der Waals surface area (Å²) >= 11 is 0. The third-order valence-corrected chi connectivity index (χ3v) is 0.448. The molecule has 0 bridgehead atoms. The van der Waals surface area contributed by atoms with E-state index in [0.717, 1.165) is 0 Å². The molecule has 8 heavy (non-hydrogen) atoms. The zero-order valence-corrected chi connectivity index (χ0v) is 4.50. The fourth-order valence-corrected chi connectivity index (χ4v) is 0.192. The van der Waals surface area contributed by atoms with E-state index in [4.69, 9.17) is 10.2 Å². The Morgan fingerprint density at radius 3 is 2.50 bits per heavy atom. The van der Waals surface area contributed by atoms with Gasteiger partial charge in [-0.3, -0.25) is 0 Å². The highest BCUT2D eigenvalue weighted by atomic mass is 16.6. The van der Waals surface area contributed by atoms with Crippen LogP contribution in [-0.4, -0.2) is 29.1 Å². The first-order valence-electron chi connectivity index (χ1n) is 2.14. The first kappa shape index (κ1) is 7.39. The van der Waals surface area contributed by atoms with Crippen molar-refractivity contribution in [2.45, 2.75) is 13.2 Å². The summed E-state index contributed by atoms with van der Waals surface area (Å²) in [7, 11) is 0. The number of carboxylic acids is 1. The third-order valence-electron chi connectivity index (χ3n) is 0.448. The number of carbonyl (C=O) groups is 1. The van der Waals surface area contributed by atoms with Crippen LogP contribution in [0.15, 0.2) is 0 Å². The maximum Gasteiger partial charge on any atom is 0.329 e. The number of aliphatic hydroxyl groups excluding tert-OH is 1. The predicted octanol–water partition coefficient (Wildman–Crippen LogP) is -0.574. The summed E-state index contributed by atoms with van der Waals surface area (Å²) in [5.41, 5.74) is 0. The molecule has 0 aromatic heterocycles. The Bertz CT molecular complexity index is 78.1. The van der Waals surface area contributed by atoms with Gasteiger partial charge in [0.2, 0.25) is 0 Å². The predicted molar refractivity (Wildman–Crippen MR) is 25.3 cm³/mol. The van der Waals surface area contributed by atoms with Gasteiger partial charge in [0, 0.05) is 0 Å². The summed E-state index contributed by atoms with van der Waals surface area (Å²) in [4.78, 5) is 9.67. The Labute approximate surface area is 46.7 Å². The topological polar surface area (TPSA) is 66.8 Å². The number of ether oxygens (including phenoxy) is 1. The molecule has 1 unspecified atom stereocenters. The first-order valence-corrected chi connectivity index (χ1v) is 2.14. The van der Waals surface area contributed by atoms with Crippen LogP contribution in [0.2, 0.25) is 0 Å². The number of carboxylic acid groups (broad SMARTS) is 1. The lowest BCUT2D eigenvalue weighted by atomic mass is 10.7.